The third-order valence-electron chi connectivity index (χ3n) is 1.09. The van der Waals surface area contributed by atoms with Crippen molar-refractivity contribution in [1.29, 1.82) is 0 Å². The third-order valence-corrected chi connectivity index (χ3v) is 1.66. The standard InChI is InChI=1S/C6H15NO4S/c1-6(2,3)4-5(8)7-12(9,10)11/h5,7-8H,4H2,1-3H3,(H,9,10,11). The first-order chi connectivity index (χ1) is 5.10. The number of nitrogens with one attached hydrogen (secondary N) is 1. The van der Waals surface area contributed by atoms with Crippen molar-refractivity contribution in [2.24, 2.45) is 5.41 Å². The summed E-state index contributed by atoms with van der Waals surface area (Å²) in [5.41, 5.74) is -0.197. The Balaban J connectivity index is 4.00. The van der Waals surface area contributed by atoms with E-state index in [1.54, 1.807) is 4.72 Å². The highest BCUT2D eigenvalue weighted by molar-refractivity contribution is 7.83. The van der Waals surface area contributed by atoms with Gasteiger partial charge in [-0.2, -0.15) is 13.1 Å². The van der Waals surface area contributed by atoms with Crippen molar-refractivity contribution in [1.82, 2.24) is 4.72 Å². The average molecular weight is 197 g/mol. The summed E-state index contributed by atoms with van der Waals surface area (Å²) in [6.07, 6.45) is -0.993. The van der Waals surface area contributed by atoms with Gasteiger partial charge in [0.1, 0.15) is 6.23 Å². The molecule has 0 aliphatic heterocycles. The Morgan fingerprint density at radius 3 is 2.08 bits per heavy atom. The van der Waals surface area contributed by atoms with Gasteiger partial charge in [0.25, 0.3) is 0 Å². The number of rotatable bonds is 3. The summed E-state index contributed by atoms with van der Waals surface area (Å²) < 4.78 is 30.4. The minimum atomic E-state index is -4.30. The topological polar surface area (TPSA) is 86.6 Å². The van der Waals surface area contributed by atoms with E-state index in [0.717, 1.165) is 0 Å². The van der Waals surface area contributed by atoms with Crippen LogP contribution in [0.2, 0.25) is 0 Å². The fraction of sp³-hybridized carbons (Fsp3) is 1.00. The second-order valence-electron chi connectivity index (χ2n) is 3.87. The summed E-state index contributed by atoms with van der Waals surface area (Å²) in [7, 11) is -4.30. The molecule has 0 fully saturated rings. The van der Waals surface area contributed by atoms with Gasteiger partial charge < -0.3 is 5.11 Å². The molecule has 6 heteroatoms. The lowest BCUT2D eigenvalue weighted by atomic mass is 9.92. The zero-order chi connectivity index (χ0) is 9.99. The molecule has 0 saturated carbocycles. The van der Waals surface area contributed by atoms with Crippen LogP contribution < -0.4 is 4.72 Å². The first-order valence-electron chi connectivity index (χ1n) is 3.53. The molecule has 1 atom stereocenters. The Hall–Kier alpha value is -0.170. The van der Waals surface area contributed by atoms with Crippen molar-refractivity contribution in [3.63, 3.8) is 0 Å². The van der Waals surface area contributed by atoms with Crippen molar-refractivity contribution in [3.05, 3.63) is 0 Å². The van der Waals surface area contributed by atoms with Crippen molar-refractivity contribution in [3.8, 4) is 0 Å². The fourth-order valence-electron chi connectivity index (χ4n) is 0.794. The van der Waals surface area contributed by atoms with E-state index in [0.29, 0.717) is 0 Å². The van der Waals surface area contributed by atoms with E-state index in [1.165, 1.54) is 0 Å². The van der Waals surface area contributed by atoms with Gasteiger partial charge in [0, 0.05) is 0 Å². The molecule has 0 aliphatic rings. The highest BCUT2D eigenvalue weighted by atomic mass is 32.2. The predicted molar refractivity (Wildman–Crippen MR) is 44.8 cm³/mol. The average Bonchev–Trinajstić information content (AvgIpc) is 1.49. The Kier molecular flexibility index (Phi) is 3.64. The highest BCUT2D eigenvalue weighted by Crippen LogP contribution is 2.19. The molecule has 3 N–H and O–H groups in total. The molecule has 1 unspecified atom stereocenters. The minimum Gasteiger partial charge on any atom is -0.378 e. The van der Waals surface area contributed by atoms with E-state index >= 15 is 0 Å². The normalized spacial score (nSPS) is 16.1. The largest absolute Gasteiger partial charge is 0.378 e. The van der Waals surface area contributed by atoms with Gasteiger partial charge in [-0.25, -0.2) is 0 Å². The zero-order valence-electron chi connectivity index (χ0n) is 7.40. The summed E-state index contributed by atoms with van der Waals surface area (Å²) >= 11 is 0. The second kappa shape index (κ2) is 3.69. The summed E-state index contributed by atoms with van der Waals surface area (Å²) in [5, 5.41) is 9.07. The first-order valence-corrected chi connectivity index (χ1v) is 4.97. The molecular formula is C6H15NO4S. The van der Waals surface area contributed by atoms with Crippen LogP contribution in [0.5, 0.6) is 0 Å². The lowest BCUT2D eigenvalue weighted by Gasteiger charge is -2.21. The van der Waals surface area contributed by atoms with Crippen LogP contribution in [0.1, 0.15) is 27.2 Å². The van der Waals surface area contributed by atoms with Crippen LogP contribution in [-0.2, 0) is 10.3 Å². The van der Waals surface area contributed by atoms with Crippen molar-refractivity contribution >= 4 is 10.3 Å². The van der Waals surface area contributed by atoms with Gasteiger partial charge in [0.15, 0.2) is 0 Å². The molecule has 0 saturated heterocycles. The fourth-order valence-corrected chi connectivity index (χ4v) is 1.22. The molecule has 0 aromatic rings. The van der Waals surface area contributed by atoms with Crippen molar-refractivity contribution < 1.29 is 18.1 Å². The Morgan fingerprint density at radius 2 is 1.83 bits per heavy atom. The van der Waals surface area contributed by atoms with Crippen LogP contribution in [0.4, 0.5) is 0 Å². The van der Waals surface area contributed by atoms with Crippen molar-refractivity contribution in [2.75, 3.05) is 0 Å². The summed E-state index contributed by atoms with van der Waals surface area (Å²) in [6, 6.07) is 0. The van der Waals surface area contributed by atoms with Gasteiger partial charge in [-0.15, -0.1) is 0 Å². The van der Waals surface area contributed by atoms with Crippen LogP contribution in [0.25, 0.3) is 0 Å². The number of aliphatic hydroxyl groups is 1. The molecule has 0 spiro atoms. The van der Waals surface area contributed by atoms with E-state index in [4.69, 9.17) is 9.66 Å². The SMILES string of the molecule is CC(C)(C)CC(O)NS(=O)(=O)O. The third kappa shape index (κ3) is 7.93. The monoisotopic (exact) mass is 197 g/mol. The molecule has 5 nitrogen and oxygen atoms in total. The Morgan fingerprint density at radius 1 is 1.42 bits per heavy atom. The minimum absolute atomic E-state index is 0.197. The van der Waals surface area contributed by atoms with Crippen LogP contribution in [0, 0.1) is 5.41 Å². The molecule has 0 amide bonds. The molecule has 0 heterocycles. The van der Waals surface area contributed by atoms with E-state index in [-0.39, 0.29) is 11.8 Å². The number of aliphatic hydroxyl groups excluding tert-OH is 1. The highest BCUT2D eigenvalue weighted by Gasteiger charge is 2.19. The van der Waals surface area contributed by atoms with Crippen LogP contribution in [-0.4, -0.2) is 24.3 Å². The van der Waals surface area contributed by atoms with Gasteiger partial charge in [0.2, 0.25) is 0 Å². The first kappa shape index (κ1) is 11.8. The molecule has 0 aliphatic carbocycles. The van der Waals surface area contributed by atoms with E-state index in [1.807, 2.05) is 20.8 Å². The molecule has 0 rings (SSSR count). The molecule has 74 valence electrons. The van der Waals surface area contributed by atoms with E-state index in [2.05, 4.69) is 0 Å². The number of hydrogen-bond acceptors (Lipinski definition) is 3. The van der Waals surface area contributed by atoms with Gasteiger partial charge in [-0.05, 0) is 11.8 Å². The summed E-state index contributed by atoms with van der Waals surface area (Å²) in [5.74, 6) is 0. The van der Waals surface area contributed by atoms with Crippen LogP contribution >= 0.6 is 0 Å². The number of hydrogen-bond donors (Lipinski definition) is 3. The lowest BCUT2D eigenvalue weighted by Crippen LogP contribution is -2.36. The zero-order valence-corrected chi connectivity index (χ0v) is 8.22. The van der Waals surface area contributed by atoms with E-state index in [9.17, 15) is 8.42 Å². The second-order valence-corrected chi connectivity index (χ2v) is 5.06. The molecule has 0 radical (unpaired) electrons. The quantitative estimate of drug-likeness (QED) is 0.443. The molecular weight excluding hydrogens is 182 g/mol. The Labute approximate surface area is 72.7 Å². The Bertz CT molecular complexity index is 228. The van der Waals surface area contributed by atoms with Gasteiger partial charge in [0.05, 0.1) is 0 Å². The van der Waals surface area contributed by atoms with Gasteiger partial charge in [-0.1, -0.05) is 20.8 Å². The maximum atomic E-state index is 10.2. The lowest BCUT2D eigenvalue weighted by molar-refractivity contribution is 0.109. The molecule has 0 aromatic carbocycles. The van der Waals surface area contributed by atoms with Gasteiger partial charge in [-0.3, -0.25) is 4.55 Å². The predicted octanol–water partition coefficient (Wildman–Crippen LogP) is 0.133. The maximum Gasteiger partial charge on any atom is 0.335 e. The molecule has 12 heavy (non-hydrogen) atoms. The maximum absolute atomic E-state index is 10.2. The van der Waals surface area contributed by atoms with Crippen molar-refractivity contribution in [2.45, 2.75) is 33.4 Å². The summed E-state index contributed by atoms with van der Waals surface area (Å²) in [4.78, 5) is 0. The van der Waals surface area contributed by atoms with E-state index < -0.39 is 16.5 Å². The van der Waals surface area contributed by atoms with Crippen LogP contribution in [0.3, 0.4) is 0 Å². The summed E-state index contributed by atoms with van der Waals surface area (Å²) in [6.45, 7) is 5.55. The smallest absolute Gasteiger partial charge is 0.335 e. The van der Waals surface area contributed by atoms with Gasteiger partial charge >= 0.3 is 10.3 Å². The molecule has 0 bridgehead atoms. The molecule has 0 aromatic heterocycles. The van der Waals surface area contributed by atoms with Crippen LogP contribution in [0.15, 0.2) is 0 Å².